The van der Waals surface area contributed by atoms with Crippen LogP contribution in [0.2, 0.25) is 0 Å². The van der Waals surface area contributed by atoms with Crippen molar-refractivity contribution in [2.24, 2.45) is 17.3 Å². The lowest BCUT2D eigenvalue weighted by molar-refractivity contribution is -0.145. The predicted octanol–water partition coefficient (Wildman–Crippen LogP) is 1.55. The molecule has 0 heterocycles. The molecule has 16 heavy (non-hydrogen) atoms. The standard InChI is InChI=1S/C12H22O3.Al.3H/c1-6-12(8(2)3,9(4)5)10(13)7-11(14)15;;;;/h8-9H,6-7H2,1-5H3,(H,14,15);;;;. The van der Waals surface area contributed by atoms with E-state index in [1.54, 1.807) is 0 Å². The molecule has 0 amide bonds. The highest BCUT2D eigenvalue weighted by molar-refractivity contribution is 5.98. The molecular formula is C12H25AlO3. The number of carboxylic acids is 1. The van der Waals surface area contributed by atoms with Crippen LogP contribution in [0.4, 0.5) is 0 Å². The van der Waals surface area contributed by atoms with Gasteiger partial charge in [0.25, 0.3) is 0 Å². The molecule has 0 spiro atoms. The fourth-order valence-electron chi connectivity index (χ4n) is 2.63. The average molecular weight is 244 g/mol. The molecular weight excluding hydrogens is 219 g/mol. The van der Waals surface area contributed by atoms with Crippen LogP contribution in [0.25, 0.3) is 0 Å². The average Bonchev–Trinajstić information content (AvgIpc) is 2.02. The molecule has 0 fully saturated rings. The SMILES string of the molecule is CCC(C(=O)CC(=O)O)(C(C)C)C(C)C.[AlH3]. The van der Waals surface area contributed by atoms with Crippen LogP contribution in [0.3, 0.4) is 0 Å². The molecule has 94 valence electrons. The molecule has 0 aromatic rings. The molecule has 3 nitrogen and oxygen atoms in total. The highest BCUT2D eigenvalue weighted by Gasteiger charge is 2.42. The van der Waals surface area contributed by atoms with Gasteiger partial charge in [0.1, 0.15) is 6.42 Å². The Morgan fingerprint density at radius 2 is 1.50 bits per heavy atom. The lowest BCUT2D eigenvalue weighted by atomic mass is 9.64. The number of carbonyl (C=O) groups is 2. The van der Waals surface area contributed by atoms with Crippen molar-refractivity contribution in [2.75, 3.05) is 0 Å². The Labute approximate surface area is 109 Å². The molecule has 0 unspecified atom stereocenters. The topological polar surface area (TPSA) is 54.4 Å². The van der Waals surface area contributed by atoms with Crippen molar-refractivity contribution in [3.05, 3.63) is 0 Å². The van der Waals surface area contributed by atoms with Gasteiger partial charge in [-0.15, -0.1) is 0 Å². The van der Waals surface area contributed by atoms with Crippen LogP contribution in [-0.4, -0.2) is 34.2 Å². The summed E-state index contributed by atoms with van der Waals surface area (Å²) in [6, 6.07) is 0. The number of hydrogen-bond acceptors (Lipinski definition) is 2. The van der Waals surface area contributed by atoms with Crippen LogP contribution in [0.5, 0.6) is 0 Å². The van der Waals surface area contributed by atoms with E-state index < -0.39 is 11.4 Å². The van der Waals surface area contributed by atoms with Gasteiger partial charge >= 0.3 is 5.97 Å². The summed E-state index contributed by atoms with van der Waals surface area (Å²) < 4.78 is 0. The molecule has 1 N–H and O–H groups in total. The van der Waals surface area contributed by atoms with E-state index in [9.17, 15) is 9.59 Å². The Morgan fingerprint density at radius 3 is 1.69 bits per heavy atom. The minimum atomic E-state index is -1.03. The minimum Gasteiger partial charge on any atom is -0.481 e. The summed E-state index contributed by atoms with van der Waals surface area (Å²) in [5.41, 5.74) is -0.488. The Balaban J connectivity index is 0. The molecule has 0 bridgehead atoms. The maximum Gasteiger partial charge on any atom is 0.310 e. The first-order valence-corrected chi connectivity index (χ1v) is 5.54. The third-order valence-corrected chi connectivity index (χ3v) is 3.48. The molecule has 0 rings (SSSR count). The van der Waals surface area contributed by atoms with Crippen molar-refractivity contribution in [3.63, 3.8) is 0 Å². The monoisotopic (exact) mass is 244 g/mol. The number of rotatable bonds is 6. The van der Waals surface area contributed by atoms with Crippen molar-refractivity contribution in [2.45, 2.75) is 47.5 Å². The van der Waals surface area contributed by atoms with Gasteiger partial charge in [0.05, 0.1) is 0 Å². The number of hydrogen-bond donors (Lipinski definition) is 1. The highest BCUT2D eigenvalue weighted by Crippen LogP contribution is 2.40. The fourth-order valence-corrected chi connectivity index (χ4v) is 2.63. The molecule has 0 radical (unpaired) electrons. The second kappa shape index (κ2) is 7.09. The second-order valence-electron chi connectivity index (χ2n) is 4.70. The third-order valence-electron chi connectivity index (χ3n) is 3.48. The summed E-state index contributed by atoms with van der Waals surface area (Å²) in [7, 11) is 0. The van der Waals surface area contributed by atoms with E-state index in [1.807, 2.05) is 34.6 Å². The van der Waals surface area contributed by atoms with Crippen molar-refractivity contribution >= 4 is 29.1 Å². The Bertz CT molecular complexity index is 239. The van der Waals surface area contributed by atoms with Crippen LogP contribution in [0.1, 0.15) is 47.5 Å². The van der Waals surface area contributed by atoms with Crippen LogP contribution in [0, 0.1) is 17.3 Å². The summed E-state index contributed by atoms with van der Waals surface area (Å²) in [6.07, 6.45) is 0.346. The van der Waals surface area contributed by atoms with Crippen molar-refractivity contribution in [1.29, 1.82) is 0 Å². The van der Waals surface area contributed by atoms with E-state index in [1.165, 1.54) is 0 Å². The molecule has 0 atom stereocenters. The first-order chi connectivity index (χ1) is 6.78. The molecule has 0 aliphatic rings. The van der Waals surface area contributed by atoms with Crippen LogP contribution in [0.15, 0.2) is 0 Å². The lowest BCUT2D eigenvalue weighted by Gasteiger charge is -2.39. The Hall–Kier alpha value is -0.328. The van der Waals surface area contributed by atoms with Crippen LogP contribution < -0.4 is 0 Å². The zero-order valence-corrected chi connectivity index (χ0v) is 10.3. The van der Waals surface area contributed by atoms with Crippen molar-refractivity contribution < 1.29 is 14.7 Å². The summed E-state index contributed by atoms with van der Waals surface area (Å²) in [5.74, 6) is -0.815. The largest absolute Gasteiger partial charge is 0.481 e. The van der Waals surface area contributed by atoms with Gasteiger partial charge in [0.15, 0.2) is 23.1 Å². The number of carboxylic acid groups (broad SMARTS) is 1. The molecule has 0 aliphatic heterocycles. The van der Waals surface area contributed by atoms with Crippen molar-refractivity contribution in [1.82, 2.24) is 0 Å². The van der Waals surface area contributed by atoms with Gasteiger partial charge in [-0.2, -0.15) is 0 Å². The van der Waals surface area contributed by atoms with E-state index in [-0.39, 0.29) is 41.4 Å². The second-order valence-corrected chi connectivity index (χ2v) is 4.70. The number of carbonyl (C=O) groups excluding carboxylic acids is 1. The quantitative estimate of drug-likeness (QED) is 0.570. The maximum atomic E-state index is 12.0. The van der Waals surface area contributed by atoms with Crippen LogP contribution >= 0.6 is 0 Å². The highest BCUT2D eigenvalue weighted by atomic mass is 27.0. The fraction of sp³-hybridized carbons (Fsp3) is 0.833. The molecule has 0 aliphatic carbocycles. The molecule has 4 heteroatoms. The van der Waals surface area contributed by atoms with E-state index in [0.717, 1.165) is 0 Å². The van der Waals surface area contributed by atoms with E-state index in [4.69, 9.17) is 5.11 Å². The van der Waals surface area contributed by atoms with Gasteiger partial charge < -0.3 is 5.11 Å². The molecule has 0 aromatic carbocycles. The van der Waals surface area contributed by atoms with Crippen LogP contribution in [-0.2, 0) is 9.59 Å². The first kappa shape index (κ1) is 18.0. The summed E-state index contributed by atoms with van der Waals surface area (Å²) in [5, 5.41) is 8.69. The lowest BCUT2D eigenvalue weighted by Crippen LogP contribution is -2.41. The maximum absolute atomic E-state index is 12.0. The van der Waals surface area contributed by atoms with Gasteiger partial charge in [0.2, 0.25) is 0 Å². The molecule has 0 aromatic heterocycles. The Kier molecular flexibility index (Phi) is 7.99. The molecule has 0 saturated carbocycles. The summed E-state index contributed by atoms with van der Waals surface area (Å²) >= 11 is 0. The van der Waals surface area contributed by atoms with Gasteiger partial charge in [0, 0.05) is 5.41 Å². The van der Waals surface area contributed by atoms with E-state index in [0.29, 0.717) is 6.42 Å². The van der Waals surface area contributed by atoms with E-state index >= 15 is 0 Å². The zero-order chi connectivity index (χ0) is 12.2. The number of ketones is 1. The number of aliphatic carboxylic acids is 1. The number of Topliss-reactive ketones (excluding diaryl/α,β-unsaturated/α-hetero) is 1. The zero-order valence-electron chi connectivity index (χ0n) is 10.3. The Morgan fingerprint density at radius 1 is 1.12 bits per heavy atom. The van der Waals surface area contributed by atoms with Crippen molar-refractivity contribution in [3.8, 4) is 0 Å². The van der Waals surface area contributed by atoms with Gasteiger partial charge in [-0.1, -0.05) is 34.6 Å². The summed E-state index contributed by atoms with van der Waals surface area (Å²) in [4.78, 5) is 22.6. The minimum absolute atomic E-state index is 0. The predicted molar refractivity (Wildman–Crippen MR) is 69.6 cm³/mol. The van der Waals surface area contributed by atoms with Gasteiger partial charge in [-0.05, 0) is 18.3 Å². The third kappa shape index (κ3) is 3.61. The van der Waals surface area contributed by atoms with Gasteiger partial charge in [-0.25, -0.2) is 0 Å². The van der Waals surface area contributed by atoms with E-state index in [2.05, 4.69) is 0 Å². The smallest absolute Gasteiger partial charge is 0.310 e. The van der Waals surface area contributed by atoms with Gasteiger partial charge in [-0.3, -0.25) is 9.59 Å². The molecule has 0 saturated heterocycles. The first-order valence-electron chi connectivity index (χ1n) is 5.54. The normalized spacial score (nSPS) is 11.4. The summed E-state index contributed by atoms with van der Waals surface area (Å²) in [6.45, 7) is 9.92.